The first kappa shape index (κ1) is 35.5. The Morgan fingerprint density at radius 1 is 0.278 bits per heavy atom. The van der Waals surface area contributed by atoms with Crippen LogP contribution in [0.1, 0.15) is 155 Å². The van der Waals surface area contributed by atoms with Crippen LogP contribution in [0.5, 0.6) is 0 Å². The predicted octanol–water partition coefficient (Wildman–Crippen LogP) is 15.4. The summed E-state index contributed by atoms with van der Waals surface area (Å²) in [5.41, 5.74) is 22.6. The van der Waals surface area contributed by atoms with Crippen molar-refractivity contribution in [1.29, 1.82) is 0 Å². The van der Waals surface area contributed by atoms with E-state index in [4.69, 9.17) is 0 Å². The molecule has 0 bridgehead atoms. The summed E-state index contributed by atoms with van der Waals surface area (Å²) in [6.07, 6.45) is 0. The van der Waals surface area contributed by atoms with Crippen LogP contribution in [0.3, 0.4) is 0 Å². The van der Waals surface area contributed by atoms with Gasteiger partial charge in [0.05, 0.1) is 0 Å². The molecule has 0 aliphatic heterocycles. The normalized spacial score (nSPS) is 16.4. The van der Waals surface area contributed by atoms with Gasteiger partial charge in [-0.2, -0.15) is 0 Å². The first-order valence-corrected chi connectivity index (χ1v) is 20.4. The number of hydrogen-bond acceptors (Lipinski definition) is 0. The number of benzene rings is 6. The topological polar surface area (TPSA) is 0 Å². The van der Waals surface area contributed by atoms with Gasteiger partial charge in [0.15, 0.2) is 0 Å². The Balaban J connectivity index is 1.32. The molecule has 6 aromatic rings. The molecular weight excluding hydrogens is 649 g/mol. The lowest BCUT2D eigenvalue weighted by molar-refractivity contribution is 0.521. The summed E-state index contributed by atoms with van der Waals surface area (Å²) >= 11 is 0. The lowest BCUT2D eigenvalue weighted by Crippen LogP contribution is -2.36. The standard InChI is InChI=1S/C54H60/c1-49(2,3)31-17-29-18-32(50(4,5)6)22-40-36-26-44-43(25-35(36)39(21-31)47(29)40)53(13,14)45-27-37-38(28-46(45)54(44,15)16)42-24-34(52(10,11)12)20-30-19-33(51(7,8)9)23-41(37)48(30)42/h17-28H,1-16H3. The van der Waals surface area contributed by atoms with E-state index in [9.17, 15) is 0 Å². The molecule has 276 valence electrons. The molecule has 0 fully saturated rings. The summed E-state index contributed by atoms with van der Waals surface area (Å²) in [4.78, 5) is 0. The summed E-state index contributed by atoms with van der Waals surface area (Å²) < 4.78 is 0. The average molecular weight is 709 g/mol. The zero-order valence-electron chi connectivity index (χ0n) is 35.9. The molecule has 0 unspecified atom stereocenters. The average Bonchev–Trinajstić information content (AvgIpc) is 3.54. The third-order valence-electron chi connectivity index (χ3n) is 13.7. The van der Waals surface area contributed by atoms with Crippen LogP contribution >= 0.6 is 0 Å². The van der Waals surface area contributed by atoms with E-state index in [1.54, 1.807) is 0 Å². The molecule has 0 saturated heterocycles. The minimum absolute atomic E-state index is 0.0566. The Kier molecular flexibility index (Phi) is 6.82. The molecule has 0 heterocycles. The van der Waals surface area contributed by atoms with Crippen molar-refractivity contribution in [3.05, 3.63) is 117 Å². The zero-order valence-corrected chi connectivity index (χ0v) is 35.9. The minimum atomic E-state index is -0.178. The van der Waals surface area contributed by atoms with Gasteiger partial charge >= 0.3 is 0 Å². The van der Waals surface area contributed by atoms with Crippen molar-refractivity contribution in [2.75, 3.05) is 0 Å². The van der Waals surface area contributed by atoms with Crippen molar-refractivity contribution in [3.8, 4) is 44.5 Å². The van der Waals surface area contributed by atoms with E-state index in [-0.39, 0.29) is 32.5 Å². The molecule has 0 atom stereocenters. The highest BCUT2D eigenvalue weighted by Gasteiger charge is 2.45. The second-order valence-corrected chi connectivity index (χ2v) is 22.4. The highest BCUT2D eigenvalue weighted by atomic mass is 14.5. The summed E-state index contributed by atoms with van der Waals surface area (Å²) in [5.74, 6) is 0. The molecule has 0 saturated carbocycles. The third kappa shape index (κ3) is 4.80. The largest absolute Gasteiger partial charge is 0.0561 e. The molecule has 0 spiro atoms. The Bertz CT molecular complexity index is 2300. The van der Waals surface area contributed by atoms with Gasteiger partial charge in [0, 0.05) is 10.8 Å². The van der Waals surface area contributed by atoms with Crippen molar-refractivity contribution < 1.29 is 0 Å². The quantitative estimate of drug-likeness (QED) is 0.147. The van der Waals surface area contributed by atoms with Crippen LogP contribution in [0.2, 0.25) is 0 Å². The smallest absolute Gasteiger partial charge is 0.0153 e. The van der Waals surface area contributed by atoms with Gasteiger partial charge in [-0.15, -0.1) is 0 Å². The van der Waals surface area contributed by atoms with Crippen LogP contribution in [0, 0.1) is 0 Å². The molecule has 54 heavy (non-hydrogen) atoms. The molecule has 0 nitrogen and oxygen atoms in total. The Hall–Kier alpha value is -4.16. The number of rotatable bonds is 0. The highest BCUT2D eigenvalue weighted by Crippen LogP contribution is 2.59. The zero-order chi connectivity index (χ0) is 39.0. The minimum Gasteiger partial charge on any atom is -0.0561 e. The van der Waals surface area contributed by atoms with Crippen LogP contribution in [0.4, 0.5) is 0 Å². The van der Waals surface area contributed by atoms with Crippen LogP contribution in [0.25, 0.3) is 66.1 Å². The number of fused-ring (bicyclic) bond motifs is 8. The van der Waals surface area contributed by atoms with Crippen LogP contribution in [0.15, 0.2) is 72.8 Å². The van der Waals surface area contributed by atoms with Crippen LogP contribution in [-0.4, -0.2) is 0 Å². The highest BCUT2D eigenvalue weighted by molar-refractivity contribution is 6.17. The number of hydrogen-bond donors (Lipinski definition) is 0. The fraction of sp³-hybridized carbons (Fsp3) is 0.407. The maximum absolute atomic E-state index is 2.61. The molecule has 0 N–H and O–H groups in total. The second kappa shape index (κ2) is 10.4. The van der Waals surface area contributed by atoms with Crippen molar-refractivity contribution in [3.63, 3.8) is 0 Å². The van der Waals surface area contributed by atoms with Crippen LogP contribution < -0.4 is 0 Å². The third-order valence-corrected chi connectivity index (χ3v) is 13.7. The Labute approximate surface area is 325 Å². The molecule has 0 aromatic heterocycles. The molecule has 0 amide bonds. The predicted molar refractivity (Wildman–Crippen MR) is 236 cm³/mol. The lowest BCUT2D eigenvalue weighted by atomic mass is 9.59. The van der Waals surface area contributed by atoms with Gasteiger partial charge in [-0.3, -0.25) is 0 Å². The summed E-state index contributed by atoms with van der Waals surface area (Å²) in [6.45, 7) is 38.2. The van der Waals surface area contributed by atoms with Crippen molar-refractivity contribution in [2.24, 2.45) is 0 Å². The van der Waals surface area contributed by atoms with Gasteiger partial charge in [0.25, 0.3) is 0 Å². The molecular formula is C54H60. The van der Waals surface area contributed by atoms with E-state index in [1.165, 1.54) is 111 Å². The molecule has 3 aliphatic rings. The van der Waals surface area contributed by atoms with E-state index in [1.807, 2.05) is 0 Å². The maximum Gasteiger partial charge on any atom is 0.0153 e. The molecule has 3 aliphatic carbocycles. The van der Waals surface area contributed by atoms with Gasteiger partial charge in [0.1, 0.15) is 0 Å². The lowest BCUT2D eigenvalue weighted by Gasteiger charge is -2.45. The van der Waals surface area contributed by atoms with E-state index >= 15 is 0 Å². The fourth-order valence-corrected chi connectivity index (χ4v) is 10.1. The van der Waals surface area contributed by atoms with Crippen molar-refractivity contribution in [1.82, 2.24) is 0 Å². The van der Waals surface area contributed by atoms with Gasteiger partial charge in [0.2, 0.25) is 0 Å². The maximum atomic E-state index is 2.61. The van der Waals surface area contributed by atoms with Gasteiger partial charge in [-0.25, -0.2) is 0 Å². The molecule has 0 radical (unpaired) electrons. The van der Waals surface area contributed by atoms with Gasteiger partial charge in [-0.05, 0) is 181 Å². The summed E-state index contributed by atoms with van der Waals surface area (Å²) in [5, 5.41) is 5.61. The van der Waals surface area contributed by atoms with Crippen molar-refractivity contribution >= 4 is 21.5 Å². The van der Waals surface area contributed by atoms with E-state index < -0.39 is 0 Å². The Morgan fingerprint density at radius 2 is 0.481 bits per heavy atom. The van der Waals surface area contributed by atoms with E-state index in [2.05, 4.69) is 184 Å². The summed E-state index contributed by atoms with van der Waals surface area (Å²) in [7, 11) is 0. The Morgan fingerprint density at radius 3 is 0.667 bits per heavy atom. The summed E-state index contributed by atoms with van der Waals surface area (Å²) in [6, 6.07) is 30.4. The molecule has 0 heteroatoms. The van der Waals surface area contributed by atoms with E-state index in [0.29, 0.717) is 0 Å². The monoisotopic (exact) mass is 708 g/mol. The van der Waals surface area contributed by atoms with E-state index in [0.717, 1.165) is 0 Å². The SMILES string of the molecule is CC(C)(C)c1cc2c3c(cc(C(C)(C)C)cc3c1)-c1cc3c(cc1-2)C(C)(C)c1cc2c(cc1C3(C)C)-c1cc(C(C)(C)C)cc3cc(C(C)(C)C)cc-2c13. The first-order valence-electron chi connectivity index (χ1n) is 20.4. The second-order valence-electron chi connectivity index (χ2n) is 22.4. The molecule has 6 aromatic carbocycles. The van der Waals surface area contributed by atoms with Gasteiger partial charge in [-0.1, -0.05) is 135 Å². The van der Waals surface area contributed by atoms with Crippen LogP contribution in [-0.2, 0) is 32.5 Å². The van der Waals surface area contributed by atoms with Gasteiger partial charge < -0.3 is 0 Å². The first-order chi connectivity index (χ1) is 24.8. The van der Waals surface area contributed by atoms with Crippen molar-refractivity contribution in [2.45, 2.75) is 143 Å². The molecule has 9 rings (SSSR count). The fourth-order valence-electron chi connectivity index (χ4n) is 10.1.